The van der Waals surface area contributed by atoms with Crippen LogP contribution in [-0.2, 0) is 4.79 Å². The normalized spacial score (nSPS) is 13.5. The summed E-state index contributed by atoms with van der Waals surface area (Å²) in [5.74, 6) is 1.17. The molecule has 1 unspecified atom stereocenters. The zero-order valence-electron chi connectivity index (χ0n) is 12.9. The van der Waals surface area contributed by atoms with Gasteiger partial charge in [-0.15, -0.1) is 0 Å². The highest BCUT2D eigenvalue weighted by Crippen LogP contribution is 2.34. The van der Waals surface area contributed by atoms with Gasteiger partial charge in [0.2, 0.25) is 12.7 Å². The fraction of sp³-hybridized carbons (Fsp3) is 0.235. The van der Waals surface area contributed by atoms with E-state index in [0.29, 0.717) is 22.2 Å². The van der Waals surface area contributed by atoms with Crippen molar-refractivity contribution in [3.8, 4) is 11.5 Å². The smallest absolute Gasteiger partial charge is 0.246 e. The molecule has 23 heavy (non-hydrogen) atoms. The number of benzene rings is 2. The SMILES string of the molecule is Cc1c(Cl)cccc1NC(C)C(=O)Nc1ccc2c(c1)OCO2. The maximum absolute atomic E-state index is 12.3. The van der Waals surface area contributed by atoms with Gasteiger partial charge in [-0.3, -0.25) is 4.79 Å². The minimum Gasteiger partial charge on any atom is -0.454 e. The molecule has 0 aliphatic carbocycles. The minimum absolute atomic E-state index is 0.150. The van der Waals surface area contributed by atoms with Crippen molar-refractivity contribution in [3.63, 3.8) is 0 Å². The molecule has 0 spiro atoms. The number of hydrogen-bond acceptors (Lipinski definition) is 4. The van der Waals surface area contributed by atoms with Crippen LogP contribution < -0.4 is 20.1 Å². The Morgan fingerprint density at radius 2 is 2.00 bits per heavy atom. The van der Waals surface area contributed by atoms with Gasteiger partial charge >= 0.3 is 0 Å². The number of amides is 1. The van der Waals surface area contributed by atoms with Crippen LogP contribution >= 0.6 is 11.6 Å². The molecule has 0 aromatic heterocycles. The van der Waals surface area contributed by atoms with E-state index in [4.69, 9.17) is 21.1 Å². The molecule has 2 N–H and O–H groups in total. The summed E-state index contributed by atoms with van der Waals surface area (Å²) >= 11 is 6.09. The van der Waals surface area contributed by atoms with Crippen LogP contribution in [0.5, 0.6) is 11.5 Å². The minimum atomic E-state index is -0.419. The molecule has 0 saturated heterocycles. The summed E-state index contributed by atoms with van der Waals surface area (Å²) in [4.78, 5) is 12.3. The molecule has 120 valence electrons. The Morgan fingerprint density at radius 3 is 2.83 bits per heavy atom. The van der Waals surface area contributed by atoms with Gasteiger partial charge in [0, 0.05) is 22.5 Å². The number of carbonyl (C=O) groups is 1. The first-order chi connectivity index (χ1) is 11.0. The first-order valence-electron chi connectivity index (χ1n) is 7.27. The van der Waals surface area contributed by atoms with Crippen molar-refractivity contribution in [2.45, 2.75) is 19.9 Å². The summed E-state index contributed by atoms with van der Waals surface area (Å²) in [6.07, 6.45) is 0. The van der Waals surface area contributed by atoms with Crippen molar-refractivity contribution >= 4 is 28.9 Å². The monoisotopic (exact) mass is 332 g/mol. The number of hydrogen-bond donors (Lipinski definition) is 2. The Hall–Kier alpha value is -2.40. The quantitative estimate of drug-likeness (QED) is 0.893. The molecule has 3 rings (SSSR count). The van der Waals surface area contributed by atoms with Crippen LogP contribution in [0.1, 0.15) is 12.5 Å². The molecule has 1 heterocycles. The van der Waals surface area contributed by atoms with Gasteiger partial charge in [-0.25, -0.2) is 0 Å². The van der Waals surface area contributed by atoms with E-state index in [-0.39, 0.29) is 12.7 Å². The van der Waals surface area contributed by atoms with Crippen LogP contribution in [0, 0.1) is 6.92 Å². The highest BCUT2D eigenvalue weighted by molar-refractivity contribution is 6.31. The van der Waals surface area contributed by atoms with Crippen molar-refractivity contribution in [3.05, 3.63) is 47.0 Å². The van der Waals surface area contributed by atoms with Gasteiger partial charge in [0.1, 0.15) is 6.04 Å². The van der Waals surface area contributed by atoms with Crippen LogP contribution in [0.25, 0.3) is 0 Å². The Bertz CT molecular complexity index is 749. The van der Waals surface area contributed by atoms with E-state index in [1.54, 1.807) is 25.1 Å². The Kier molecular flexibility index (Phi) is 4.30. The number of halogens is 1. The molecule has 0 fully saturated rings. The number of rotatable bonds is 4. The van der Waals surface area contributed by atoms with Crippen molar-refractivity contribution in [1.29, 1.82) is 0 Å². The van der Waals surface area contributed by atoms with E-state index in [1.165, 1.54) is 0 Å². The molecule has 5 nitrogen and oxygen atoms in total. The fourth-order valence-corrected chi connectivity index (χ4v) is 2.46. The topological polar surface area (TPSA) is 59.6 Å². The molecule has 1 aliphatic rings. The molecule has 1 aliphatic heterocycles. The molecule has 0 saturated carbocycles. The number of nitrogens with one attached hydrogen (secondary N) is 2. The van der Waals surface area contributed by atoms with E-state index in [0.717, 1.165) is 11.3 Å². The number of anilines is 2. The Balaban J connectivity index is 1.67. The lowest BCUT2D eigenvalue weighted by atomic mass is 10.1. The first kappa shape index (κ1) is 15.5. The lowest BCUT2D eigenvalue weighted by Crippen LogP contribution is -2.32. The molecule has 0 radical (unpaired) electrons. The van der Waals surface area contributed by atoms with Gasteiger partial charge in [-0.2, -0.15) is 0 Å². The van der Waals surface area contributed by atoms with Gasteiger partial charge in [0.05, 0.1) is 0 Å². The summed E-state index contributed by atoms with van der Waals surface area (Å²) in [6.45, 7) is 3.91. The zero-order valence-corrected chi connectivity index (χ0v) is 13.6. The lowest BCUT2D eigenvalue weighted by Gasteiger charge is -2.17. The third kappa shape index (κ3) is 3.35. The second kappa shape index (κ2) is 6.38. The zero-order chi connectivity index (χ0) is 16.4. The van der Waals surface area contributed by atoms with Gasteiger partial charge in [0.25, 0.3) is 0 Å². The maximum Gasteiger partial charge on any atom is 0.246 e. The molecule has 1 amide bonds. The van der Waals surface area contributed by atoms with Crippen LogP contribution in [0.2, 0.25) is 5.02 Å². The molecular formula is C17H17ClN2O3. The summed E-state index contributed by atoms with van der Waals surface area (Å²) < 4.78 is 10.6. The summed E-state index contributed by atoms with van der Waals surface area (Å²) in [6, 6.07) is 10.4. The summed E-state index contributed by atoms with van der Waals surface area (Å²) in [7, 11) is 0. The standard InChI is InChI=1S/C17H17ClN2O3/c1-10-13(18)4-3-5-14(10)19-11(2)17(21)20-12-6-7-15-16(8-12)23-9-22-15/h3-8,11,19H,9H2,1-2H3,(H,20,21). The second-order valence-corrected chi connectivity index (χ2v) is 5.74. The highest BCUT2D eigenvalue weighted by atomic mass is 35.5. The van der Waals surface area contributed by atoms with Crippen LogP contribution in [0.3, 0.4) is 0 Å². The largest absolute Gasteiger partial charge is 0.454 e. The van der Waals surface area contributed by atoms with E-state index in [2.05, 4.69) is 10.6 Å². The molecular weight excluding hydrogens is 316 g/mol. The predicted molar refractivity (Wildman–Crippen MR) is 90.5 cm³/mol. The summed E-state index contributed by atoms with van der Waals surface area (Å²) in [5.41, 5.74) is 2.42. The van der Waals surface area contributed by atoms with Crippen molar-refractivity contribution in [2.75, 3.05) is 17.4 Å². The molecule has 6 heteroatoms. The van der Waals surface area contributed by atoms with E-state index in [9.17, 15) is 4.79 Å². The van der Waals surface area contributed by atoms with E-state index in [1.807, 2.05) is 25.1 Å². The van der Waals surface area contributed by atoms with E-state index < -0.39 is 6.04 Å². The van der Waals surface area contributed by atoms with Crippen LogP contribution in [0.4, 0.5) is 11.4 Å². The number of carbonyl (C=O) groups excluding carboxylic acids is 1. The maximum atomic E-state index is 12.3. The lowest BCUT2D eigenvalue weighted by molar-refractivity contribution is -0.116. The number of fused-ring (bicyclic) bond motifs is 1. The highest BCUT2D eigenvalue weighted by Gasteiger charge is 2.17. The van der Waals surface area contributed by atoms with Gasteiger partial charge in [-0.05, 0) is 43.7 Å². The molecule has 0 bridgehead atoms. The number of ether oxygens (including phenoxy) is 2. The van der Waals surface area contributed by atoms with Gasteiger partial charge in [-0.1, -0.05) is 17.7 Å². The van der Waals surface area contributed by atoms with Crippen molar-refractivity contribution in [1.82, 2.24) is 0 Å². The van der Waals surface area contributed by atoms with Gasteiger partial charge in [0.15, 0.2) is 11.5 Å². The first-order valence-corrected chi connectivity index (χ1v) is 7.64. The average molecular weight is 333 g/mol. The van der Waals surface area contributed by atoms with Crippen LogP contribution in [-0.4, -0.2) is 18.7 Å². The third-order valence-corrected chi connectivity index (χ3v) is 4.08. The fourth-order valence-electron chi connectivity index (χ4n) is 2.29. The Labute approximate surface area is 139 Å². The molecule has 2 aromatic carbocycles. The molecule has 2 aromatic rings. The van der Waals surface area contributed by atoms with Crippen LogP contribution in [0.15, 0.2) is 36.4 Å². The molecule has 1 atom stereocenters. The second-order valence-electron chi connectivity index (χ2n) is 5.34. The third-order valence-electron chi connectivity index (χ3n) is 3.67. The van der Waals surface area contributed by atoms with Gasteiger partial charge < -0.3 is 20.1 Å². The predicted octanol–water partition coefficient (Wildman–Crippen LogP) is 3.82. The average Bonchev–Trinajstić information content (AvgIpc) is 2.99. The van der Waals surface area contributed by atoms with Crippen molar-refractivity contribution in [2.24, 2.45) is 0 Å². The van der Waals surface area contributed by atoms with E-state index >= 15 is 0 Å². The van der Waals surface area contributed by atoms with Crippen molar-refractivity contribution < 1.29 is 14.3 Å². The summed E-state index contributed by atoms with van der Waals surface area (Å²) in [5, 5.41) is 6.69. The Morgan fingerprint density at radius 1 is 1.22 bits per heavy atom.